The number of rotatable bonds is 3. The summed E-state index contributed by atoms with van der Waals surface area (Å²) in [5, 5.41) is 3.00. The molecular weight excluding hydrogens is 178 g/mol. The predicted molar refractivity (Wildman–Crippen MR) is 55.2 cm³/mol. The lowest BCUT2D eigenvalue weighted by Crippen LogP contribution is -1.98. The number of nitrogens with zero attached hydrogens (tertiary/aromatic N) is 4. The van der Waals surface area contributed by atoms with Crippen molar-refractivity contribution in [2.45, 2.75) is 19.9 Å². The van der Waals surface area contributed by atoms with Gasteiger partial charge in [0.25, 0.3) is 0 Å². The van der Waals surface area contributed by atoms with Gasteiger partial charge in [-0.15, -0.1) is 0 Å². The first-order chi connectivity index (χ1) is 6.86. The molecule has 1 N–H and O–H groups in total. The summed E-state index contributed by atoms with van der Waals surface area (Å²) in [6.45, 7) is 3.07. The lowest BCUT2D eigenvalue weighted by atomic mass is 10.4. The van der Waals surface area contributed by atoms with Gasteiger partial charge in [-0.2, -0.15) is 0 Å². The zero-order valence-corrected chi connectivity index (χ0v) is 8.36. The summed E-state index contributed by atoms with van der Waals surface area (Å²) in [6, 6.07) is 0. The van der Waals surface area contributed by atoms with Crippen LogP contribution in [0, 0.1) is 0 Å². The second kappa shape index (κ2) is 3.61. The summed E-state index contributed by atoms with van der Waals surface area (Å²) >= 11 is 0. The number of hydrogen-bond donors (Lipinski definition) is 1. The number of imidazole rings is 1. The Morgan fingerprint density at radius 3 is 2.93 bits per heavy atom. The fourth-order valence-electron chi connectivity index (χ4n) is 1.47. The lowest BCUT2D eigenvalue weighted by molar-refractivity contribution is 0.691. The van der Waals surface area contributed by atoms with Crippen LogP contribution in [0.5, 0.6) is 0 Å². The summed E-state index contributed by atoms with van der Waals surface area (Å²) < 4.78 is 2.04. The van der Waals surface area contributed by atoms with Crippen molar-refractivity contribution in [3.8, 4) is 0 Å². The van der Waals surface area contributed by atoms with Crippen LogP contribution in [0.1, 0.15) is 13.3 Å². The Hall–Kier alpha value is -1.65. The van der Waals surface area contributed by atoms with Crippen LogP contribution in [0.2, 0.25) is 0 Å². The summed E-state index contributed by atoms with van der Waals surface area (Å²) in [6.07, 6.45) is 4.44. The van der Waals surface area contributed by atoms with Crippen molar-refractivity contribution in [2.24, 2.45) is 0 Å². The standard InChI is InChI=1S/C9H13N5/c1-3-4-14-6-13-7-8(10-2)11-5-12-9(7)14/h5-6H,3-4H2,1-2H3,(H,10,11,12). The van der Waals surface area contributed by atoms with Crippen molar-refractivity contribution in [1.29, 1.82) is 0 Å². The average molecular weight is 191 g/mol. The molecule has 0 fully saturated rings. The molecule has 2 aromatic rings. The van der Waals surface area contributed by atoms with Gasteiger partial charge in [0.2, 0.25) is 0 Å². The lowest BCUT2D eigenvalue weighted by Gasteiger charge is -2.01. The van der Waals surface area contributed by atoms with Gasteiger partial charge in [-0.1, -0.05) is 6.92 Å². The fourth-order valence-corrected chi connectivity index (χ4v) is 1.47. The van der Waals surface area contributed by atoms with Gasteiger partial charge in [0, 0.05) is 13.6 Å². The maximum absolute atomic E-state index is 4.28. The molecule has 0 bridgehead atoms. The van der Waals surface area contributed by atoms with Gasteiger partial charge in [-0.3, -0.25) is 0 Å². The molecule has 0 unspecified atom stereocenters. The van der Waals surface area contributed by atoms with E-state index in [1.165, 1.54) is 0 Å². The minimum Gasteiger partial charge on any atom is -0.371 e. The molecule has 0 saturated heterocycles. The molecule has 5 nitrogen and oxygen atoms in total. The molecule has 0 aromatic carbocycles. The maximum atomic E-state index is 4.28. The first-order valence-electron chi connectivity index (χ1n) is 4.70. The summed E-state index contributed by atoms with van der Waals surface area (Å²) in [4.78, 5) is 12.6. The van der Waals surface area contributed by atoms with E-state index in [0.717, 1.165) is 29.9 Å². The highest BCUT2D eigenvalue weighted by atomic mass is 15.1. The normalized spacial score (nSPS) is 10.7. The quantitative estimate of drug-likeness (QED) is 0.794. The van der Waals surface area contributed by atoms with Gasteiger partial charge in [0.15, 0.2) is 11.5 Å². The molecule has 0 aliphatic rings. The van der Waals surface area contributed by atoms with E-state index in [2.05, 4.69) is 27.2 Å². The fraction of sp³-hybridized carbons (Fsp3) is 0.444. The van der Waals surface area contributed by atoms with E-state index in [-0.39, 0.29) is 0 Å². The van der Waals surface area contributed by atoms with Crippen molar-refractivity contribution >= 4 is 17.0 Å². The third-order valence-electron chi connectivity index (χ3n) is 2.10. The van der Waals surface area contributed by atoms with Crippen molar-refractivity contribution in [1.82, 2.24) is 19.5 Å². The Labute approximate surface area is 82.2 Å². The highest BCUT2D eigenvalue weighted by Crippen LogP contribution is 2.16. The van der Waals surface area contributed by atoms with Crippen molar-refractivity contribution in [2.75, 3.05) is 12.4 Å². The molecule has 14 heavy (non-hydrogen) atoms. The van der Waals surface area contributed by atoms with E-state index >= 15 is 0 Å². The van der Waals surface area contributed by atoms with E-state index in [9.17, 15) is 0 Å². The van der Waals surface area contributed by atoms with Crippen LogP contribution in [-0.4, -0.2) is 26.6 Å². The van der Waals surface area contributed by atoms with Gasteiger partial charge >= 0.3 is 0 Å². The minimum absolute atomic E-state index is 0.782. The second-order valence-corrected chi connectivity index (χ2v) is 3.08. The number of hydrogen-bond acceptors (Lipinski definition) is 4. The zero-order valence-electron chi connectivity index (χ0n) is 8.36. The van der Waals surface area contributed by atoms with Gasteiger partial charge in [0.1, 0.15) is 11.8 Å². The third-order valence-corrected chi connectivity index (χ3v) is 2.10. The van der Waals surface area contributed by atoms with Crippen molar-refractivity contribution in [3.05, 3.63) is 12.7 Å². The van der Waals surface area contributed by atoms with Crippen LogP contribution >= 0.6 is 0 Å². The first kappa shape index (κ1) is 8.93. The third kappa shape index (κ3) is 1.30. The van der Waals surface area contributed by atoms with E-state index in [1.807, 2.05) is 17.9 Å². The SMILES string of the molecule is CCCn1cnc2c(NC)ncnc21. The maximum Gasteiger partial charge on any atom is 0.165 e. The van der Waals surface area contributed by atoms with Crippen LogP contribution < -0.4 is 5.32 Å². The molecular formula is C9H13N5. The summed E-state index contributed by atoms with van der Waals surface area (Å²) in [5.41, 5.74) is 1.73. The van der Waals surface area contributed by atoms with Crippen LogP contribution in [0.3, 0.4) is 0 Å². The first-order valence-corrected chi connectivity index (χ1v) is 4.70. The molecule has 5 heteroatoms. The van der Waals surface area contributed by atoms with Crippen LogP contribution in [0.15, 0.2) is 12.7 Å². The summed E-state index contributed by atoms with van der Waals surface area (Å²) in [5.74, 6) is 0.782. The molecule has 0 amide bonds. The Kier molecular flexibility index (Phi) is 2.30. The Bertz CT molecular complexity index is 434. The predicted octanol–water partition coefficient (Wildman–Crippen LogP) is 1.28. The average Bonchev–Trinajstić information content (AvgIpc) is 2.62. The van der Waals surface area contributed by atoms with Crippen LogP contribution in [0.25, 0.3) is 11.2 Å². The Balaban J connectivity index is 2.57. The molecule has 2 heterocycles. The van der Waals surface area contributed by atoms with Gasteiger partial charge in [-0.05, 0) is 6.42 Å². The van der Waals surface area contributed by atoms with Gasteiger partial charge in [-0.25, -0.2) is 15.0 Å². The zero-order chi connectivity index (χ0) is 9.97. The molecule has 0 aliphatic heterocycles. The number of aryl methyl sites for hydroxylation is 1. The largest absolute Gasteiger partial charge is 0.371 e. The van der Waals surface area contributed by atoms with E-state index in [0.29, 0.717) is 0 Å². The van der Waals surface area contributed by atoms with E-state index < -0.39 is 0 Å². The molecule has 0 saturated carbocycles. The summed E-state index contributed by atoms with van der Waals surface area (Å²) in [7, 11) is 1.83. The smallest absolute Gasteiger partial charge is 0.165 e. The molecule has 2 rings (SSSR count). The van der Waals surface area contributed by atoms with E-state index in [1.54, 1.807) is 6.33 Å². The highest BCUT2D eigenvalue weighted by molar-refractivity contribution is 5.82. The van der Waals surface area contributed by atoms with Crippen molar-refractivity contribution in [3.63, 3.8) is 0 Å². The monoisotopic (exact) mass is 191 g/mol. The number of fused-ring (bicyclic) bond motifs is 1. The number of anilines is 1. The molecule has 0 radical (unpaired) electrons. The molecule has 0 atom stereocenters. The topological polar surface area (TPSA) is 55.6 Å². The van der Waals surface area contributed by atoms with Crippen LogP contribution in [0.4, 0.5) is 5.82 Å². The molecule has 74 valence electrons. The Morgan fingerprint density at radius 1 is 1.36 bits per heavy atom. The molecule has 2 aromatic heterocycles. The van der Waals surface area contributed by atoms with Gasteiger partial charge < -0.3 is 9.88 Å². The molecule has 0 aliphatic carbocycles. The number of aromatic nitrogens is 4. The highest BCUT2D eigenvalue weighted by Gasteiger charge is 2.07. The van der Waals surface area contributed by atoms with Gasteiger partial charge in [0.05, 0.1) is 6.33 Å². The van der Waals surface area contributed by atoms with Crippen molar-refractivity contribution < 1.29 is 0 Å². The number of nitrogens with one attached hydrogen (secondary N) is 1. The van der Waals surface area contributed by atoms with E-state index in [4.69, 9.17) is 0 Å². The molecule has 0 spiro atoms. The minimum atomic E-state index is 0.782. The Morgan fingerprint density at radius 2 is 2.21 bits per heavy atom. The van der Waals surface area contributed by atoms with Crippen LogP contribution in [-0.2, 0) is 6.54 Å². The second-order valence-electron chi connectivity index (χ2n) is 3.08.